The van der Waals surface area contributed by atoms with E-state index in [9.17, 15) is 19.8 Å². The van der Waals surface area contributed by atoms with Gasteiger partial charge in [0.2, 0.25) is 0 Å². The molecule has 0 spiro atoms. The third kappa shape index (κ3) is 2.10. The molecule has 4 heteroatoms. The number of carbonyl (C=O) groups is 2. The Labute approximate surface area is 137 Å². The zero-order chi connectivity index (χ0) is 16.4. The summed E-state index contributed by atoms with van der Waals surface area (Å²) >= 11 is 0. The Balaban J connectivity index is 1.70. The lowest BCUT2D eigenvalue weighted by Gasteiger charge is -2.58. The lowest BCUT2D eigenvalue weighted by atomic mass is 9.45. The van der Waals surface area contributed by atoms with Gasteiger partial charge in [-0.3, -0.25) is 9.59 Å². The van der Waals surface area contributed by atoms with Crippen LogP contribution >= 0.6 is 0 Å². The van der Waals surface area contributed by atoms with Crippen molar-refractivity contribution in [3.63, 3.8) is 0 Å². The van der Waals surface area contributed by atoms with Gasteiger partial charge >= 0.3 is 0 Å². The van der Waals surface area contributed by atoms with Crippen molar-refractivity contribution in [1.29, 1.82) is 0 Å². The van der Waals surface area contributed by atoms with Crippen molar-refractivity contribution in [2.45, 2.75) is 64.4 Å². The second-order valence-electron chi connectivity index (χ2n) is 9.01. The third-order valence-electron chi connectivity index (χ3n) is 8.11. The maximum atomic E-state index is 13.0. The molecule has 7 atom stereocenters. The van der Waals surface area contributed by atoms with E-state index in [-0.39, 0.29) is 41.3 Å². The molecule has 4 saturated carbocycles. The molecular weight excluding hydrogens is 292 g/mol. The van der Waals surface area contributed by atoms with Crippen LogP contribution in [0.15, 0.2) is 0 Å². The number of Topliss-reactive ketones (excluding diaryl/α,β-unsaturated/α-hetero) is 2. The van der Waals surface area contributed by atoms with Crippen LogP contribution in [0.3, 0.4) is 0 Å². The molecule has 0 aromatic heterocycles. The third-order valence-corrected chi connectivity index (χ3v) is 8.11. The fourth-order valence-electron chi connectivity index (χ4n) is 6.81. The van der Waals surface area contributed by atoms with Gasteiger partial charge in [0.05, 0.1) is 6.10 Å². The minimum atomic E-state index is -0.378. The Bertz CT molecular complexity index is 543. The largest absolute Gasteiger partial charge is 0.396 e. The first kappa shape index (κ1) is 15.8. The SMILES string of the molecule is C[C@]12CCC(=O)C[C@@H]1CC(=O)[C@@H]1[C@@H]3C[C@H](O)C[C@@]3(CO)CC[C@@H]12. The summed E-state index contributed by atoms with van der Waals surface area (Å²) in [6.45, 7) is 2.38. The van der Waals surface area contributed by atoms with E-state index >= 15 is 0 Å². The van der Waals surface area contributed by atoms with Crippen LogP contribution in [0.1, 0.15) is 58.3 Å². The van der Waals surface area contributed by atoms with Crippen molar-refractivity contribution in [2.75, 3.05) is 6.61 Å². The van der Waals surface area contributed by atoms with Crippen LogP contribution in [-0.2, 0) is 9.59 Å². The summed E-state index contributed by atoms with van der Waals surface area (Å²) < 4.78 is 0. The molecule has 0 aromatic carbocycles. The number of aliphatic hydroxyl groups excluding tert-OH is 2. The molecule has 4 aliphatic rings. The highest BCUT2D eigenvalue weighted by atomic mass is 16.3. The van der Waals surface area contributed by atoms with Gasteiger partial charge in [-0.25, -0.2) is 0 Å². The fourth-order valence-corrected chi connectivity index (χ4v) is 6.81. The Morgan fingerprint density at radius 2 is 1.96 bits per heavy atom. The quantitative estimate of drug-likeness (QED) is 0.776. The zero-order valence-corrected chi connectivity index (χ0v) is 14.0. The molecule has 4 nitrogen and oxygen atoms in total. The van der Waals surface area contributed by atoms with Crippen LogP contribution in [0, 0.1) is 34.5 Å². The predicted octanol–water partition coefficient (Wildman–Crippen LogP) is 2.11. The van der Waals surface area contributed by atoms with Gasteiger partial charge in [-0.15, -0.1) is 0 Å². The summed E-state index contributed by atoms with van der Waals surface area (Å²) in [6.07, 6.45) is 5.46. The number of rotatable bonds is 1. The number of ketones is 2. The van der Waals surface area contributed by atoms with Gasteiger partial charge in [0.15, 0.2) is 0 Å². The van der Waals surface area contributed by atoms with Gasteiger partial charge in [-0.1, -0.05) is 6.92 Å². The predicted molar refractivity (Wildman–Crippen MR) is 84.5 cm³/mol. The molecule has 4 aliphatic carbocycles. The van der Waals surface area contributed by atoms with Gasteiger partial charge < -0.3 is 10.2 Å². The van der Waals surface area contributed by atoms with Crippen LogP contribution in [0.4, 0.5) is 0 Å². The van der Waals surface area contributed by atoms with Gasteiger partial charge in [0, 0.05) is 31.8 Å². The van der Waals surface area contributed by atoms with Gasteiger partial charge in [-0.05, 0) is 60.7 Å². The first-order chi connectivity index (χ1) is 10.9. The van der Waals surface area contributed by atoms with Crippen LogP contribution < -0.4 is 0 Å². The molecule has 0 aromatic rings. The highest BCUT2D eigenvalue weighted by Gasteiger charge is 2.62. The number of hydrogen-bond donors (Lipinski definition) is 2. The first-order valence-corrected chi connectivity index (χ1v) is 9.23. The summed E-state index contributed by atoms with van der Waals surface area (Å²) in [5.41, 5.74) is -0.161. The maximum absolute atomic E-state index is 13.0. The lowest BCUT2D eigenvalue weighted by Crippen LogP contribution is -2.57. The molecule has 2 N–H and O–H groups in total. The number of aliphatic hydroxyl groups is 2. The van der Waals surface area contributed by atoms with Gasteiger partial charge in [0.1, 0.15) is 11.6 Å². The Hall–Kier alpha value is -0.740. The molecule has 0 heterocycles. The standard InChI is InChI=1S/C19H28O4/c1-18-4-2-12(21)6-11(18)7-16(23)17-14(18)3-5-19(10-20)9-13(22)8-15(17)19/h11,13-15,17,20,22H,2-10H2,1H3/t11-,13+,14+,15+,17+,18+,19-/m1/s1. The second kappa shape index (κ2) is 5.13. The van der Waals surface area contributed by atoms with Crippen molar-refractivity contribution in [3.8, 4) is 0 Å². The molecular formula is C19H28O4. The molecule has 4 fully saturated rings. The highest BCUT2D eigenvalue weighted by Crippen LogP contribution is 2.65. The summed E-state index contributed by atoms with van der Waals surface area (Å²) in [6, 6.07) is 0. The molecule has 0 bridgehead atoms. The highest BCUT2D eigenvalue weighted by molar-refractivity contribution is 5.86. The molecule has 128 valence electrons. The summed E-state index contributed by atoms with van der Waals surface area (Å²) in [5, 5.41) is 20.2. The lowest BCUT2D eigenvalue weighted by molar-refractivity contribution is -0.159. The molecule has 4 rings (SSSR count). The minimum absolute atomic E-state index is 0.0116. The average Bonchev–Trinajstić information content (AvgIpc) is 2.86. The van der Waals surface area contributed by atoms with E-state index in [0.29, 0.717) is 49.6 Å². The van der Waals surface area contributed by atoms with Crippen LogP contribution in [-0.4, -0.2) is 34.5 Å². The monoisotopic (exact) mass is 320 g/mol. The van der Waals surface area contributed by atoms with Crippen molar-refractivity contribution in [2.24, 2.45) is 34.5 Å². The normalized spacial score (nSPS) is 52.7. The first-order valence-electron chi connectivity index (χ1n) is 9.23. The number of hydrogen-bond acceptors (Lipinski definition) is 4. The van der Waals surface area contributed by atoms with E-state index in [0.717, 1.165) is 19.3 Å². The van der Waals surface area contributed by atoms with Gasteiger partial charge in [0.25, 0.3) is 0 Å². The average molecular weight is 320 g/mol. The second-order valence-corrected chi connectivity index (χ2v) is 9.01. The van der Waals surface area contributed by atoms with Gasteiger partial charge in [-0.2, -0.15) is 0 Å². The van der Waals surface area contributed by atoms with Crippen molar-refractivity contribution in [3.05, 3.63) is 0 Å². The molecule has 23 heavy (non-hydrogen) atoms. The van der Waals surface area contributed by atoms with E-state index in [1.807, 2.05) is 0 Å². The topological polar surface area (TPSA) is 74.6 Å². The van der Waals surface area contributed by atoms with Crippen LogP contribution in [0.25, 0.3) is 0 Å². The van der Waals surface area contributed by atoms with Crippen LogP contribution in [0.2, 0.25) is 0 Å². The Kier molecular flexibility index (Phi) is 3.51. The van der Waals surface area contributed by atoms with E-state index in [4.69, 9.17) is 0 Å². The van der Waals surface area contributed by atoms with E-state index in [2.05, 4.69) is 6.92 Å². The Morgan fingerprint density at radius 3 is 2.70 bits per heavy atom. The summed E-state index contributed by atoms with van der Waals surface area (Å²) in [5.74, 6) is 1.27. The molecule has 0 saturated heterocycles. The summed E-state index contributed by atoms with van der Waals surface area (Å²) in [7, 11) is 0. The molecule has 0 radical (unpaired) electrons. The molecule has 0 aliphatic heterocycles. The molecule has 0 amide bonds. The van der Waals surface area contributed by atoms with Crippen molar-refractivity contribution < 1.29 is 19.8 Å². The van der Waals surface area contributed by atoms with Crippen LogP contribution in [0.5, 0.6) is 0 Å². The summed E-state index contributed by atoms with van der Waals surface area (Å²) in [4.78, 5) is 24.8. The van der Waals surface area contributed by atoms with E-state index in [1.54, 1.807) is 0 Å². The van der Waals surface area contributed by atoms with E-state index in [1.165, 1.54) is 0 Å². The van der Waals surface area contributed by atoms with Crippen molar-refractivity contribution in [1.82, 2.24) is 0 Å². The van der Waals surface area contributed by atoms with E-state index < -0.39 is 0 Å². The fraction of sp³-hybridized carbons (Fsp3) is 0.895. The zero-order valence-electron chi connectivity index (χ0n) is 14.0. The Morgan fingerprint density at radius 1 is 1.17 bits per heavy atom. The number of fused-ring (bicyclic) bond motifs is 5. The minimum Gasteiger partial charge on any atom is -0.396 e. The smallest absolute Gasteiger partial charge is 0.136 e. The number of carbonyl (C=O) groups excluding carboxylic acids is 2. The van der Waals surface area contributed by atoms with Crippen molar-refractivity contribution >= 4 is 11.6 Å². The maximum Gasteiger partial charge on any atom is 0.136 e. The molecule has 0 unspecified atom stereocenters.